The number of ether oxygens (including phenoxy) is 1. The molecule has 1 saturated heterocycles. The third kappa shape index (κ3) is 4.14. The number of allylic oxidation sites excluding steroid dienone is 2. The molecule has 7 nitrogen and oxygen atoms in total. The van der Waals surface area contributed by atoms with E-state index in [1.54, 1.807) is 42.5 Å². The second kappa shape index (κ2) is 8.81. The van der Waals surface area contributed by atoms with E-state index in [4.69, 9.17) is 16.3 Å². The lowest BCUT2D eigenvalue weighted by molar-refractivity contribution is -0.139. The molecule has 1 aliphatic carbocycles. The van der Waals surface area contributed by atoms with Crippen LogP contribution in [0, 0.1) is 11.8 Å². The Hall–Kier alpha value is -3.32. The molecule has 4 rings (SSSR count). The zero-order valence-corrected chi connectivity index (χ0v) is 17.7. The standard InChI is InChI=1S/C23H22ClN3O4/c1-2-31-20-18(24)11-6-12-19(20)25-21(28)14-7-5-8-15(13-14)27-23(30)17-10-4-3-9-16(17)22(29)26-27/h3-8,11-13,16-17H,2,9-10H2,1H3,(H,25,28)(H,26,29). The number of fused-ring (bicyclic) bond motifs is 1. The molecule has 0 spiro atoms. The van der Waals surface area contributed by atoms with Crippen molar-refractivity contribution in [3.05, 3.63) is 65.2 Å². The molecule has 0 bridgehead atoms. The van der Waals surface area contributed by atoms with Gasteiger partial charge in [0.2, 0.25) is 11.8 Å². The van der Waals surface area contributed by atoms with E-state index in [1.807, 2.05) is 19.1 Å². The predicted molar refractivity (Wildman–Crippen MR) is 118 cm³/mol. The fourth-order valence-corrected chi connectivity index (χ4v) is 4.09. The first-order chi connectivity index (χ1) is 15.0. The molecule has 1 fully saturated rings. The van der Waals surface area contributed by atoms with Crippen LogP contribution in [0.15, 0.2) is 54.6 Å². The topological polar surface area (TPSA) is 87.7 Å². The second-order valence-electron chi connectivity index (χ2n) is 7.36. The highest BCUT2D eigenvalue weighted by Gasteiger charge is 2.42. The van der Waals surface area contributed by atoms with Crippen molar-refractivity contribution < 1.29 is 19.1 Å². The van der Waals surface area contributed by atoms with Crippen LogP contribution in [-0.4, -0.2) is 24.3 Å². The normalized spacial score (nSPS) is 20.1. The molecule has 0 saturated carbocycles. The largest absolute Gasteiger partial charge is 0.490 e. The van der Waals surface area contributed by atoms with Crippen molar-refractivity contribution in [3.8, 4) is 5.75 Å². The monoisotopic (exact) mass is 439 g/mol. The first kappa shape index (κ1) is 20.9. The zero-order valence-electron chi connectivity index (χ0n) is 16.9. The summed E-state index contributed by atoms with van der Waals surface area (Å²) in [7, 11) is 0. The number of halogens is 1. The molecular formula is C23H22ClN3O4. The van der Waals surface area contributed by atoms with Gasteiger partial charge >= 0.3 is 0 Å². The summed E-state index contributed by atoms with van der Waals surface area (Å²) in [5, 5.41) is 4.43. The van der Waals surface area contributed by atoms with E-state index in [1.165, 1.54) is 5.01 Å². The van der Waals surface area contributed by atoms with Gasteiger partial charge in [-0.2, -0.15) is 0 Å². The Morgan fingerprint density at radius 3 is 2.68 bits per heavy atom. The summed E-state index contributed by atoms with van der Waals surface area (Å²) in [5.41, 5.74) is 3.87. The van der Waals surface area contributed by atoms with Crippen molar-refractivity contribution in [3.63, 3.8) is 0 Å². The highest BCUT2D eigenvalue weighted by Crippen LogP contribution is 2.34. The van der Waals surface area contributed by atoms with Crippen molar-refractivity contribution in [1.29, 1.82) is 0 Å². The Labute approximate surface area is 185 Å². The van der Waals surface area contributed by atoms with Gasteiger partial charge in [0.1, 0.15) is 0 Å². The van der Waals surface area contributed by atoms with E-state index in [0.717, 1.165) is 0 Å². The Morgan fingerprint density at radius 2 is 1.90 bits per heavy atom. The van der Waals surface area contributed by atoms with Crippen LogP contribution in [0.5, 0.6) is 5.75 Å². The molecule has 31 heavy (non-hydrogen) atoms. The molecule has 2 aliphatic rings. The highest BCUT2D eigenvalue weighted by molar-refractivity contribution is 6.32. The molecular weight excluding hydrogens is 418 g/mol. The van der Waals surface area contributed by atoms with Crippen LogP contribution in [-0.2, 0) is 9.59 Å². The molecule has 2 aromatic rings. The number of para-hydroxylation sites is 1. The average Bonchev–Trinajstić information content (AvgIpc) is 2.78. The van der Waals surface area contributed by atoms with Gasteiger partial charge in [0.15, 0.2) is 5.75 Å². The van der Waals surface area contributed by atoms with E-state index < -0.39 is 5.92 Å². The summed E-state index contributed by atoms with van der Waals surface area (Å²) in [6.45, 7) is 2.23. The third-order valence-electron chi connectivity index (χ3n) is 5.40. The summed E-state index contributed by atoms with van der Waals surface area (Å²) in [6, 6.07) is 11.6. The number of hydrogen-bond acceptors (Lipinski definition) is 4. The lowest BCUT2D eigenvalue weighted by atomic mass is 9.80. The van der Waals surface area contributed by atoms with Crippen LogP contribution < -0.4 is 20.5 Å². The molecule has 8 heteroatoms. The van der Waals surface area contributed by atoms with Crippen molar-refractivity contribution in [2.24, 2.45) is 11.8 Å². The minimum Gasteiger partial charge on any atom is -0.490 e. The molecule has 160 valence electrons. The lowest BCUT2D eigenvalue weighted by Crippen LogP contribution is -2.59. The van der Waals surface area contributed by atoms with E-state index >= 15 is 0 Å². The minimum atomic E-state index is -0.392. The van der Waals surface area contributed by atoms with Crippen LogP contribution in [0.3, 0.4) is 0 Å². The molecule has 2 unspecified atom stereocenters. The molecule has 3 amide bonds. The summed E-state index contributed by atoms with van der Waals surface area (Å²) in [6.07, 6.45) is 4.95. The van der Waals surface area contributed by atoms with Gasteiger partial charge in [-0.1, -0.05) is 35.9 Å². The van der Waals surface area contributed by atoms with Crippen molar-refractivity contribution in [2.75, 3.05) is 16.9 Å². The van der Waals surface area contributed by atoms with Crippen molar-refractivity contribution in [2.45, 2.75) is 19.8 Å². The fraction of sp³-hybridized carbons (Fsp3) is 0.261. The Balaban J connectivity index is 1.57. The fourth-order valence-electron chi connectivity index (χ4n) is 3.86. The summed E-state index contributed by atoms with van der Waals surface area (Å²) >= 11 is 6.18. The number of carbonyl (C=O) groups excluding carboxylic acids is 3. The second-order valence-corrected chi connectivity index (χ2v) is 7.77. The zero-order chi connectivity index (χ0) is 22.0. The average molecular weight is 440 g/mol. The van der Waals surface area contributed by atoms with Crippen LogP contribution in [0.2, 0.25) is 5.02 Å². The number of anilines is 2. The van der Waals surface area contributed by atoms with Gasteiger partial charge in [0, 0.05) is 5.56 Å². The maximum Gasteiger partial charge on any atom is 0.255 e. The smallest absolute Gasteiger partial charge is 0.255 e. The number of nitrogens with zero attached hydrogens (tertiary/aromatic N) is 1. The maximum atomic E-state index is 13.0. The highest BCUT2D eigenvalue weighted by atomic mass is 35.5. The molecule has 2 atom stereocenters. The van der Waals surface area contributed by atoms with Crippen molar-refractivity contribution in [1.82, 2.24) is 5.43 Å². The number of amides is 3. The Kier molecular flexibility index (Phi) is 5.95. The molecule has 2 N–H and O–H groups in total. The van der Waals surface area contributed by atoms with E-state index in [0.29, 0.717) is 47.2 Å². The first-order valence-electron chi connectivity index (χ1n) is 10.1. The molecule has 1 aliphatic heterocycles. The van der Waals surface area contributed by atoms with Gasteiger partial charge < -0.3 is 10.1 Å². The summed E-state index contributed by atoms with van der Waals surface area (Å²) in [5.74, 6) is -1.11. The minimum absolute atomic E-state index is 0.181. The number of nitrogens with one attached hydrogen (secondary N) is 2. The maximum absolute atomic E-state index is 13.0. The van der Waals surface area contributed by atoms with Gasteiger partial charge in [-0.25, -0.2) is 5.01 Å². The van der Waals surface area contributed by atoms with Gasteiger partial charge in [0.05, 0.1) is 34.8 Å². The van der Waals surface area contributed by atoms with E-state index in [9.17, 15) is 14.4 Å². The lowest BCUT2D eigenvalue weighted by Gasteiger charge is -2.38. The Morgan fingerprint density at radius 1 is 1.16 bits per heavy atom. The number of rotatable bonds is 5. The SMILES string of the molecule is CCOc1c(Cl)cccc1NC(=O)c1cccc(N2NC(=O)C3CC=CCC3C2=O)c1. The molecule has 0 aromatic heterocycles. The number of benzene rings is 2. The number of hydrogen-bond donors (Lipinski definition) is 2. The van der Waals surface area contributed by atoms with Gasteiger partial charge in [-0.15, -0.1) is 0 Å². The summed E-state index contributed by atoms with van der Waals surface area (Å²) < 4.78 is 5.55. The molecule has 1 heterocycles. The number of carbonyl (C=O) groups is 3. The summed E-state index contributed by atoms with van der Waals surface area (Å²) in [4.78, 5) is 38.4. The van der Waals surface area contributed by atoms with Gasteiger partial charge in [-0.3, -0.25) is 19.8 Å². The number of hydrazine groups is 1. The van der Waals surface area contributed by atoms with Crippen LogP contribution >= 0.6 is 11.6 Å². The van der Waals surface area contributed by atoms with Crippen LogP contribution in [0.4, 0.5) is 11.4 Å². The third-order valence-corrected chi connectivity index (χ3v) is 5.70. The van der Waals surface area contributed by atoms with E-state index in [2.05, 4.69) is 10.7 Å². The van der Waals surface area contributed by atoms with Crippen LogP contribution in [0.25, 0.3) is 0 Å². The van der Waals surface area contributed by atoms with Gasteiger partial charge in [0.25, 0.3) is 5.91 Å². The quantitative estimate of drug-likeness (QED) is 0.690. The van der Waals surface area contributed by atoms with Crippen LogP contribution in [0.1, 0.15) is 30.1 Å². The van der Waals surface area contributed by atoms with E-state index in [-0.39, 0.29) is 23.6 Å². The Bertz CT molecular complexity index is 1070. The molecule has 0 radical (unpaired) electrons. The first-order valence-corrected chi connectivity index (χ1v) is 10.5. The van der Waals surface area contributed by atoms with Crippen molar-refractivity contribution >= 4 is 40.7 Å². The molecule has 2 aromatic carbocycles. The predicted octanol–water partition coefficient (Wildman–Crippen LogP) is 3.95. The van der Waals surface area contributed by atoms with Gasteiger partial charge in [-0.05, 0) is 50.1 Å².